The molecule has 0 spiro atoms. The summed E-state index contributed by atoms with van der Waals surface area (Å²) in [6, 6.07) is -9.27. The number of hydrogen-bond donors (Lipinski definition) is 18. The quantitative estimate of drug-likeness (QED) is 0.0127. The molecule has 1 saturated heterocycles. The lowest BCUT2D eigenvalue weighted by atomic mass is 10.0. The number of hydrogen-bond acceptors (Lipinski definition) is 18. The van der Waals surface area contributed by atoms with Crippen LogP contribution >= 0.6 is 0 Å². The summed E-state index contributed by atoms with van der Waals surface area (Å²) in [4.78, 5) is 145. The summed E-state index contributed by atoms with van der Waals surface area (Å²) in [6.45, 7) is -0.316. The normalized spacial score (nSPS) is 16.1. The molecular weight excluding hydrogens is 997 g/mol. The summed E-state index contributed by atoms with van der Waals surface area (Å²) in [7, 11) is 0. The monoisotopic (exact) mass is 1080 g/mol. The molecule has 31 heteroatoms. The molecule has 0 aromatic carbocycles. The molecule has 1 aromatic heterocycles. The van der Waals surface area contributed by atoms with Gasteiger partial charge in [-0.3, -0.25) is 52.9 Å². The topological polar surface area (TPSA) is 554 Å². The molecule has 76 heavy (non-hydrogen) atoms. The summed E-state index contributed by atoms with van der Waals surface area (Å²) in [6.07, 6.45) is 4.71. The molecule has 1 aliphatic rings. The molecule has 2 heterocycles. The van der Waals surface area contributed by atoms with Crippen LogP contribution < -0.4 is 88.8 Å². The zero-order valence-corrected chi connectivity index (χ0v) is 42.8. The number of H-pyrrole nitrogens is 1. The van der Waals surface area contributed by atoms with Crippen LogP contribution in [0.5, 0.6) is 0 Å². The van der Waals surface area contributed by atoms with Crippen LogP contribution in [0.4, 0.5) is 0 Å². The third-order valence-corrected chi connectivity index (χ3v) is 11.9. The minimum absolute atomic E-state index is 0.00575. The van der Waals surface area contributed by atoms with E-state index in [0.29, 0.717) is 44.3 Å². The molecule has 27 N–H and O–H groups in total. The molecule has 0 saturated carbocycles. The van der Waals surface area contributed by atoms with Crippen LogP contribution in [0.2, 0.25) is 0 Å². The van der Waals surface area contributed by atoms with Gasteiger partial charge in [0.15, 0.2) is 5.96 Å². The number of aliphatic imine (C=N–C) groups is 1. The molecule has 0 bridgehead atoms. The van der Waals surface area contributed by atoms with E-state index in [1.807, 2.05) is 0 Å². The number of likely N-dealkylation sites (tertiary alicyclic amines) is 1. The van der Waals surface area contributed by atoms with Gasteiger partial charge in [0.05, 0.1) is 25.0 Å². The van der Waals surface area contributed by atoms with Gasteiger partial charge in [0.25, 0.3) is 5.91 Å². The number of unbranched alkanes of at least 4 members (excludes halogenated alkanes) is 2. The molecule has 426 valence electrons. The van der Waals surface area contributed by atoms with Crippen molar-refractivity contribution in [2.24, 2.45) is 56.6 Å². The van der Waals surface area contributed by atoms with Gasteiger partial charge < -0.3 is 104 Å². The number of aromatic amines is 1. The van der Waals surface area contributed by atoms with Crippen molar-refractivity contribution in [3.63, 3.8) is 0 Å². The third-order valence-electron chi connectivity index (χ3n) is 11.9. The van der Waals surface area contributed by atoms with Gasteiger partial charge >= 0.3 is 0 Å². The fourth-order valence-electron chi connectivity index (χ4n) is 7.77. The Morgan fingerprint density at radius 2 is 1.39 bits per heavy atom. The summed E-state index contributed by atoms with van der Waals surface area (Å²) in [5.41, 5.74) is 50.2. The molecular formula is C45H80N20O11. The number of nitrogens with zero attached hydrogens (tertiary/aromatic N) is 3. The first-order valence-corrected chi connectivity index (χ1v) is 25.1. The molecule has 2 rings (SSSR count). The Bertz CT molecular complexity index is 2140. The molecule has 0 radical (unpaired) electrons. The Morgan fingerprint density at radius 3 is 2.00 bits per heavy atom. The van der Waals surface area contributed by atoms with Crippen LogP contribution in [0, 0.1) is 0 Å². The predicted octanol–water partition coefficient (Wildman–Crippen LogP) is -8.46. The highest BCUT2D eigenvalue weighted by molar-refractivity contribution is 6.00. The van der Waals surface area contributed by atoms with Crippen LogP contribution in [0.15, 0.2) is 29.3 Å². The predicted molar refractivity (Wildman–Crippen MR) is 276 cm³/mol. The lowest BCUT2D eigenvalue weighted by Crippen LogP contribution is -2.61. The summed E-state index contributed by atoms with van der Waals surface area (Å²) >= 11 is 0. The lowest BCUT2D eigenvalue weighted by molar-refractivity contribution is -0.142. The molecule has 0 unspecified atom stereocenters. The largest absolute Gasteiger partial charge is 0.389 e. The van der Waals surface area contributed by atoms with Crippen LogP contribution in [-0.2, 0) is 54.4 Å². The molecule has 10 amide bonds. The molecule has 1 aromatic rings. The van der Waals surface area contributed by atoms with Crippen molar-refractivity contribution >= 4 is 65.0 Å². The Kier molecular flexibility index (Phi) is 29.9. The maximum absolute atomic E-state index is 14.3. The number of primary amides is 2. The lowest BCUT2D eigenvalue weighted by Gasteiger charge is -2.30. The van der Waals surface area contributed by atoms with Crippen LogP contribution in [-0.4, -0.2) is 179 Å². The van der Waals surface area contributed by atoms with E-state index in [1.165, 1.54) is 23.5 Å². The highest BCUT2D eigenvalue weighted by atomic mass is 16.3. The average Bonchev–Trinajstić information content (AvgIpc) is 4.10. The molecule has 31 nitrogen and oxygen atoms in total. The van der Waals surface area contributed by atoms with Crippen molar-refractivity contribution in [3.05, 3.63) is 30.0 Å². The highest BCUT2D eigenvalue weighted by Crippen LogP contribution is 2.20. The van der Waals surface area contributed by atoms with Crippen LogP contribution in [0.1, 0.15) is 89.2 Å². The number of aliphatic hydroxyl groups excluding tert-OH is 1. The fraction of sp³-hybridized carbons (Fsp3) is 0.644. The van der Waals surface area contributed by atoms with E-state index in [2.05, 4.69) is 52.2 Å². The number of guanidine groups is 1. The highest BCUT2D eigenvalue weighted by Gasteiger charge is 2.40. The Labute approximate surface area is 439 Å². The second-order valence-corrected chi connectivity index (χ2v) is 18.0. The van der Waals surface area contributed by atoms with Gasteiger partial charge in [-0.05, 0) is 90.3 Å². The van der Waals surface area contributed by atoms with Crippen molar-refractivity contribution in [2.45, 2.75) is 138 Å². The summed E-state index contributed by atoms with van der Waals surface area (Å²) < 4.78 is 0. The van der Waals surface area contributed by atoms with E-state index >= 15 is 0 Å². The van der Waals surface area contributed by atoms with Crippen LogP contribution in [0.3, 0.4) is 0 Å². The maximum atomic E-state index is 14.3. The van der Waals surface area contributed by atoms with E-state index in [-0.39, 0.29) is 89.2 Å². The van der Waals surface area contributed by atoms with Gasteiger partial charge in [-0.25, -0.2) is 4.98 Å². The SMILES string of the molecule is NCCCC[C@H](NC(=O)[C@H](Cc1cnc[nH]1)NC(=O)[C@@H]1CCCN1C(=O)[C@@H](CCCN)NC(=O)CNC(=O)[C@H](CCC(N)=O)NC(=O)[C@@H](NC(=O)[C@@H](N)CCCCN)[C@@H](O)CN)C(=O)N/C(=C\CCN=C(N)N)C(N)=O. The van der Waals surface area contributed by atoms with E-state index in [1.54, 1.807) is 0 Å². The van der Waals surface area contributed by atoms with Crippen molar-refractivity contribution in [1.29, 1.82) is 0 Å². The zero-order valence-electron chi connectivity index (χ0n) is 42.8. The van der Waals surface area contributed by atoms with Crippen molar-refractivity contribution in [3.8, 4) is 0 Å². The molecule has 8 atom stereocenters. The Hall–Kier alpha value is -7.32. The van der Waals surface area contributed by atoms with E-state index in [9.17, 15) is 53.1 Å². The second kappa shape index (κ2) is 35.0. The molecule has 0 aliphatic carbocycles. The van der Waals surface area contributed by atoms with Gasteiger partial charge in [-0.15, -0.1) is 0 Å². The van der Waals surface area contributed by atoms with Gasteiger partial charge in [-0.1, -0.05) is 12.5 Å². The minimum Gasteiger partial charge on any atom is -0.389 e. The number of carbonyl (C=O) groups is 10. The van der Waals surface area contributed by atoms with Gasteiger partial charge in [0, 0.05) is 44.4 Å². The van der Waals surface area contributed by atoms with Crippen molar-refractivity contribution in [2.75, 3.05) is 45.8 Å². The third kappa shape index (κ3) is 23.5. The maximum Gasteiger partial charge on any atom is 0.264 e. The number of rotatable bonds is 37. The average molecular weight is 1080 g/mol. The number of aliphatic hydroxyl groups is 1. The van der Waals surface area contributed by atoms with E-state index < -0.39 is 127 Å². The smallest absolute Gasteiger partial charge is 0.264 e. The number of aromatic nitrogens is 2. The summed E-state index contributed by atoms with van der Waals surface area (Å²) in [5.74, 6) is -8.69. The molecule has 1 aliphatic heterocycles. The second-order valence-electron chi connectivity index (χ2n) is 18.0. The van der Waals surface area contributed by atoms with Gasteiger partial charge in [0.2, 0.25) is 53.2 Å². The van der Waals surface area contributed by atoms with E-state index in [0.717, 1.165) is 0 Å². The van der Waals surface area contributed by atoms with Crippen LogP contribution in [0.25, 0.3) is 0 Å². The zero-order chi connectivity index (χ0) is 56.7. The van der Waals surface area contributed by atoms with Crippen molar-refractivity contribution in [1.82, 2.24) is 52.1 Å². The fourth-order valence-corrected chi connectivity index (χ4v) is 7.77. The first kappa shape index (κ1) is 64.8. The number of carbonyl (C=O) groups excluding carboxylic acids is 10. The van der Waals surface area contributed by atoms with Gasteiger partial charge in [0.1, 0.15) is 41.9 Å². The molecule has 1 fully saturated rings. The van der Waals surface area contributed by atoms with Gasteiger partial charge in [-0.2, -0.15) is 0 Å². The minimum atomic E-state index is -1.68. The number of imidazole rings is 1. The summed E-state index contributed by atoms with van der Waals surface area (Å²) in [5, 5.41) is 28.0. The number of amides is 10. The van der Waals surface area contributed by atoms with Crippen molar-refractivity contribution < 1.29 is 53.1 Å². The first-order valence-electron chi connectivity index (χ1n) is 25.1. The standard InChI is InChI=1S/C45H80N20O11/c46-15-3-1-8-26(50)38(70)64-36(33(66)21-49)43(75)62-29(13-14-34(51)67)39(71)57-23-35(68)59-30(10-5-17-48)44(76)65-19-7-12-32(65)42(74)63-31(20-25-22-55-24-58-25)41(73)61-28(9-2-4-16-47)40(72)60-27(37(52)69)11-6-18-56-45(53)54/h11,22,24,26,28-33,36,66H,1-10,12-21,23,46-50H2,(H2,51,67)(H2,52,69)(H,55,58)(H,57,71)(H,59,68)(H,60,72)(H,61,73)(H,62,75)(H,63,74)(H,64,70)(H4,53,54,56)/b27-11-/t26-,28-,29-,30+,31-,32-,33-,36-/m0/s1. The number of nitrogens with two attached hydrogens (primary N) is 9. The Balaban J connectivity index is 2.28. The number of nitrogens with one attached hydrogen (secondary N) is 8. The van der Waals surface area contributed by atoms with E-state index in [4.69, 9.17) is 51.6 Å². The first-order chi connectivity index (χ1) is 36.2. The Morgan fingerprint density at radius 1 is 0.750 bits per heavy atom.